The number of aliphatic hydroxyl groups excluding tert-OH is 5. The Morgan fingerprint density at radius 3 is 2.00 bits per heavy atom. The molecule has 10 heteroatoms. The molecule has 0 radical (unpaired) electrons. The van der Waals surface area contributed by atoms with E-state index in [0.29, 0.717) is 0 Å². The number of hydrogen-bond acceptors (Lipinski definition) is 8. The van der Waals surface area contributed by atoms with Crippen LogP contribution >= 0.6 is 0 Å². The Hall–Kier alpha value is -0.260. The van der Waals surface area contributed by atoms with Crippen LogP contribution in [0.2, 0.25) is 0 Å². The molecule has 108 valence electrons. The topological polar surface area (TPSA) is 165 Å². The molecule has 0 rings (SSSR count). The Kier molecular flexibility index (Phi) is 10.6. The predicted octanol–water partition coefficient (Wildman–Crippen LogP) is -6.44. The van der Waals surface area contributed by atoms with Gasteiger partial charge in [-0.25, -0.2) is 9.59 Å². The third-order valence-electron chi connectivity index (χ3n) is 2.14. The summed E-state index contributed by atoms with van der Waals surface area (Å²) in [7, 11) is 0. The van der Waals surface area contributed by atoms with E-state index in [4.69, 9.17) is 15.3 Å². The minimum absolute atomic E-state index is 0. The molecule has 9 nitrogen and oxygen atoms in total. The molecular formula is C9H17NaO9. The van der Waals surface area contributed by atoms with E-state index >= 15 is 0 Å². The molecule has 0 aliphatic rings. The first-order valence-electron chi connectivity index (χ1n) is 4.98. The van der Waals surface area contributed by atoms with Gasteiger partial charge in [-0.3, -0.25) is 0 Å². The number of carboxylic acids is 1. The van der Waals surface area contributed by atoms with E-state index in [2.05, 4.69) is 4.74 Å². The van der Waals surface area contributed by atoms with Crippen molar-refractivity contribution in [3.05, 3.63) is 0 Å². The van der Waals surface area contributed by atoms with Crippen LogP contribution in [-0.4, -0.2) is 79.7 Å². The fraction of sp³-hybridized carbons (Fsp3) is 0.778. The van der Waals surface area contributed by atoms with Gasteiger partial charge in [-0.1, -0.05) is 0 Å². The van der Waals surface area contributed by atoms with Crippen molar-refractivity contribution < 1.29 is 75.9 Å². The van der Waals surface area contributed by atoms with Crippen molar-refractivity contribution in [1.29, 1.82) is 0 Å². The zero-order valence-electron chi connectivity index (χ0n) is 11.5. The summed E-state index contributed by atoms with van der Waals surface area (Å²) in [5.74, 6) is -2.93. The average molecular weight is 292 g/mol. The fourth-order valence-electron chi connectivity index (χ4n) is 0.956. The molecule has 0 bridgehead atoms. The van der Waals surface area contributed by atoms with E-state index in [1.165, 1.54) is 0 Å². The van der Waals surface area contributed by atoms with E-state index < -0.39 is 49.1 Å². The van der Waals surface area contributed by atoms with E-state index in [1.807, 2.05) is 0 Å². The molecule has 0 aromatic carbocycles. The summed E-state index contributed by atoms with van der Waals surface area (Å²) in [5, 5.41) is 53.7. The van der Waals surface area contributed by atoms with Crippen molar-refractivity contribution in [3.63, 3.8) is 0 Å². The summed E-state index contributed by atoms with van der Waals surface area (Å²) >= 11 is 0. The molecule has 19 heavy (non-hydrogen) atoms. The van der Waals surface area contributed by atoms with Crippen LogP contribution in [0.25, 0.3) is 0 Å². The molecule has 0 saturated carbocycles. The molecule has 0 aromatic heterocycles. The van der Waals surface area contributed by atoms with Gasteiger partial charge >= 0.3 is 41.5 Å². The number of rotatable bonds is 7. The Morgan fingerprint density at radius 2 is 1.63 bits per heavy atom. The zero-order valence-corrected chi connectivity index (χ0v) is 12.5. The summed E-state index contributed by atoms with van der Waals surface area (Å²) in [6.07, 6.45) is -9.67. The van der Waals surface area contributed by atoms with Crippen molar-refractivity contribution in [3.8, 4) is 0 Å². The molecule has 5 atom stereocenters. The Bertz CT molecular complexity index is 303. The zero-order chi connectivity index (χ0) is 14.5. The van der Waals surface area contributed by atoms with E-state index in [-0.39, 0.29) is 31.0 Å². The standard InChI is InChI=1S/C9H16O9.Na.H/c1-3(8(15)16)18-9(17)7(14)6(13)5(12)4(11)2-10;;/h3-7,10-14H,2H2,1H3,(H,15,16);;/q;+1;-1/t3?,4-,5-,6+,7-;;/m1../s1. The van der Waals surface area contributed by atoms with E-state index in [0.717, 1.165) is 6.92 Å². The van der Waals surface area contributed by atoms with E-state index in [1.54, 1.807) is 0 Å². The maximum absolute atomic E-state index is 11.2. The molecule has 0 spiro atoms. The smallest absolute Gasteiger partial charge is 1.00 e. The van der Waals surface area contributed by atoms with Gasteiger partial charge in [0, 0.05) is 0 Å². The van der Waals surface area contributed by atoms with Gasteiger partial charge in [0.1, 0.15) is 18.3 Å². The van der Waals surface area contributed by atoms with Crippen molar-refractivity contribution in [1.82, 2.24) is 0 Å². The SMILES string of the molecule is CC(OC(=O)[C@H](O)[C@@H](O)[C@H](O)[C@H](O)CO)C(=O)O.[H-].[Na+]. The first-order chi connectivity index (χ1) is 8.22. The number of aliphatic hydroxyl groups is 5. The van der Waals surface area contributed by atoms with Crippen molar-refractivity contribution in [2.24, 2.45) is 0 Å². The second-order valence-corrected chi connectivity index (χ2v) is 3.59. The second kappa shape index (κ2) is 9.61. The minimum Gasteiger partial charge on any atom is -1.00 e. The molecule has 0 aromatic rings. The second-order valence-electron chi connectivity index (χ2n) is 3.59. The molecule has 0 aliphatic heterocycles. The van der Waals surface area contributed by atoms with Gasteiger partial charge in [-0.05, 0) is 6.92 Å². The van der Waals surface area contributed by atoms with Crippen LogP contribution in [0.5, 0.6) is 0 Å². The molecule has 0 amide bonds. The maximum atomic E-state index is 11.2. The number of carboxylic acid groups (broad SMARTS) is 1. The monoisotopic (exact) mass is 292 g/mol. The number of aliphatic carboxylic acids is 1. The van der Waals surface area contributed by atoms with Gasteiger partial charge in [0.2, 0.25) is 0 Å². The number of carbonyl (C=O) groups is 2. The Morgan fingerprint density at radius 1 is 1.16 bits per heavy atom. The van der Waals surface area contributed by atoms with Gasteiger partial charge in [-0.2, -0.15) is 0 Å². The number of hydrogen-bond donors (Lipinski definition) is 6. The molecule has 0 heterocycles. The average Bonchev–Trinajstić information content (AvgIpc) is 2.34. The summed E-state index contributed by atoms with van der Waals surface area (Å²) in [5.41, 5.74) is 0. The molecule has 1 unspecified atom stereocenters. The molecule has 0 fully saturated rings. The van der Waals surface area contributed by atoms with Crippen molar-refractivity contribution in [2.75, 3.05) is 6.61 Å². The maximum Gasteiger partial charge on any atom is 1.00 e. The largest absolute Gasteiger partial charge is 1.00 e. The molecular weight excluding hydrogens is 275 g/mol. The van der Waals surface area contributed by atoms with Gasteiger partial charge in [0.15, 0.2) is 12.2 Å². The summed E-state index contributed by atoms with van der Waals surface area (Å²) < 4.78 is 4.25. The van der Waals surface area contributed by atoms with Crippen LogP contribution in [0.3, 0.4) is 0 Å². The quantitative estimate of drug-likeness (QED) is 0.198. The summed E-state index contributed by atoms with van der Waals surface area (Å²) in [6.45, 7) is 0.129. The third-order valence-corrected chi connectivity index (χ3v) is 2.14. The molecule has 0 aliphatic carbocycles. The van der Waals surface area contributed by atoms with Crippen LogP contribution < -0.4 is 29.6 Å². The van der Waals surface area contributed by atoms with Gasteiger partial charge < -0.3 is 36.8 Å². The van der Waals surface area contributed by atoms with Crippen LogP contribution in [0, 0.1) is 0 Å². The van der Waals surface area contributed by atoms with Crippen molar-refractivity contribution in [2.45, 2.75) is 37.4 Å². The van der Waals surface area contributed by atoms with Crippen LogP contribution in [-0.2, 0) is 14.3 Å². The third kappa shape index (κ3) is 6.63. The van der Waals surface area contributed by atoms with Gasteiger partial charge in [0.05, 0.1) is 6.61 Å². The first-order valence-corrected chi connectivity index (χ1v) is 4.98. The number of carbonyl (C=O) groups excluding carboxylic acids is 1. The number of ether oxygens (including phenoxy) is 1. The molecule has 6 N–H and O–H groups in total. The fourth-order valence-corrected chi connectivity index (χ4v) is 0.956. The van der Waals surface area contributed by atoms with E-state index in [9.17, 15) is 24.9 Å². The van der Waals surface area contributed by atoms with Gasteiger partial charge in [0.25, 0.3) is 0 Å². The Balaban J connectivity index is -0.00000144. The predicted molar refractivity (Wildman–Crippen MR) is 55.4 cm³/mol. The molecule has 0 saturated heterocycles. The summed E-state index contributed by atoms with van der Waals surface area (Å²) in [4.78, 5) is 21.5. The van der Waals surface area contributed by atoms with Gasteiger partial charge in [-0.15, -0.1) is 0 Å². The summed E-state index contributed by atoms with van der Waals surface area (Å²) in [6, 6.07) is 0. The minimum atomic E-state index is -2.25. The van der Waals surface area contributed by atoms with Crippen molar-refractivity contribution >= 4 is 11.9 Å². The number of esters is 1. The normalized spacial score (nSPS) is 18.4. The Labute approximate surface area is 132 Å². The van der Waals surface area contributed by atoms with Crippen LogP contribution in [0.15, 0.2) is 0 Å². The van der Waals surface area contributed by atoms with Crippen LogP contribution in [0.1, 0.15) is 8.35 Å². The first kappa shape index (κ1) is 21.0. The van der Waals surface area contributed by atoms with Crippen LogP contribution in [0.4, 0.5) is 0 Å².